The van der Waals surface area contributed by atoms with Crippen molar-refractivity contribution in [1.82, 2.24) is 4.37 Å². The molecule has 0 spiro atoms. The van der Waals surface area contributed by atoms with E-state index in [1.807, 2.05) is 0 Å². The van der Waals surface area contributed by atoms with E-state index >= 15 is 0 Å². The molecule has 5 heteroatoms. The largest absolute Gasteiger partial charge is 0.382 e. The molecule has 1 aromatic heterocycles. The molecule has 0 atom stereocenters. The first-order chi connectivity index (χ1) is 9.24. The molecule has 0 amide bonds. The zero-order valence-electron chi connectivity index (χ0n) is 10.8. The maximum atomic E-state index is 9.17. The van der Waals surface area contributed by atoms with Gasteiger partial charge >= 0.3 is 0 Å². The third kappa shape index (κ3) is 1.73. The summed E-state index contributed by atoms with van der Waals surface area (Å²) in [4.78, 5) is 0. The molecule has 100 valence electrons. The van der Waals surface area contributed by atoms with Gasteiger partial charge in [0.2, 0.25) is 0 Å². The summed E-state index contributed by atoms with van der Waals surface area (Å²) in [5.41, 5.74) is 6.28. The van der Waals surface area contributed by atoms with Gasteiger partial charge in [-0.15, -0.1) is 0 Å². The monoisotopic (exact) mass is 274 g/mol. The van der Waals surface area contributed by atoms with Crippen molar-refractivity contribution in [3.05, 3.63) is 5.56 Å². The Kier molecular flexibility index (Phi) is 2.49. The first kappa shape index (κ1) is 11.5. The van der Waals surface area contributed by atoms with Crippen molar-refractivity contribution in [2.75, 3.05) is 11.1 Å². The lowest BCUT2D eigenvalue weighted by Crippen LogP contribution is -2.51. The Morgan fingerprint density at radius 1 is 1.16 bits per heavy atom. The van der Waals surface area contributed by atoms with Crippen molar-refractivity contribution in [2.24, 2.45) is 23.7 Å². The normalized spacial score (nSPS) is 39.2. The van der Waals surface area contributed by atoms with E-state index in [0.29, 0.717) is 17.4 Å². The summed E-state index contributed by atoms with van der Waals surface area (Å²) in [5.74, 6) is 3.92. The zero-order chi connectivity index (χ0) is 13.0. The molecule has 3 N–H and O–H groups in total. The average Bonchev–Trinajstić information content (AvgIpc) is 2.73. The number of nitrogens with one attached hydrogen (secondary N) is 1. The highest BCUT2D eigenvalue weighted by molar-refractivity contribution is 7.10. The van der Waals surface area contributed by atoms with Gasteiger partial charge in [0.1, 0.15) is 16.6 Å². The number of nitriles is 1. The molecule has 4 aliphatic carbocycles. The number of anilines is 2. The Bertz CT molecular complexity index is 516. The maximum Gasteiger partial charge on any atom is 0.157 e. The molecular formula is C14H18N4S. The second-order valence-corrected chi connectivity index (χ2v) is 7.26. The van der Waals surface area contributed by atoms with Gasteiger partial charge in [0.15, 0.2) is 5.82 Å². The summed E-state index contributed by atoms with van der Waals surface area (Å²) in [6.07, 6.45) is 6.97. The molecule has 4 saturated carbocycles. The molecule has 0 aromatic carbocycles. The predicted octanol–water partition coefficient (Wildman–Crippen LogP) is 2.83. The SMILES string of the molecule is N#Cc1c(N)nsc1NC1C2CC3CC(C2)CC1C3. The number of hydrogen-bond donors (Lipinski definition) is 2. The van der Waals surface area contributed by atoms with Gasteiger partial charge < -0.3 is 11.1 Å². The first-order valence-electron chi connectivity index (χ1n) is 7.16. The topological polar surface area (TPSA) is 74.7 Å². The molecule has 5 rings (SSSR count). The van der Waals surface area contributed by atoms with Crippen LogP contribution >= 0.6 is 11.5 Å². The molecule has 4 aliphatic rings. The van der Waals surface area contributed by atoms with E-state index in [9.17, 15) is 0 Å². The van der Waals surface area contributed by atoms with Gasteiger partial charge in [-0.1, -0.05) is 0 Å². The van der Waals surface area contributed by atoms with E-state index in [0.717, 1.165) is 28.7 Å². The number of nitrogen functional groups attached to an aromatic ring is 1. The van der Waals surface area contributed by atoms with Crippen LogP contribution in [0.1, 0.15) is 37.7 Å². The Morgan fingerprint density at radius 3 is 2.37 bits per heavy atom. The molecule has 4 nitrogen and oxygen atoms in total. The fourth-order valence-electron chi connectivity index (χ4n) is 4.82. The molecule has 1 heterocycles. The molecule has 0 aliphatic heterocycles. The number of rotatable bonds is 2. The third-order valence-corrected chi connectivity index (χ3v) is 6.15. The van der Waals surface area contributed by atoms with E-state index in [4.69, 9.17) is 11.0 Å². The molecule has 4 bridgehead atoms. The average molecular weight is 274 g/mol. The van der Waals surface area contributed by atoms with E-state index in [2.05, 4.69) is 15.8 Å². The van der Waals surface area contributed by atoms with Crippen molar-refractivity contribution in [1.29, 1.82) is 5.26 Å². The van der Waals surface area contributed by atoms with Gasteiger partial charge in [0.25, 0.3) is 0 Å². The van der Waals surface area contributed by atoms with Gasteiger partial charge in [-0.05, 0) is 67.3 Å². The van der Waals surface area contributed by atoms with Gasteiger partial charge in [-0.2, -0.15) is 9.64 Å². The van der Waals surface area contributed by atoms with Crippen LogP contribution in [0.15, 0.2) is 0 Å². The van der Waals surface area contributed by atoms with Crippen LogP contribution in [0.4, 0.5) is 10.8 Å². The van der Waals surface area contributed by atoms with Crippen LogP contribution in [0.25, 0.3) is 0 Å². The molecular weight excluding hydrogens is 256 g/mol. The summed E-state index contributed by atoms with van der Waals surface area (Å²) in [5, 5.41) is 13.7. The van der Waals surface area contributed by atoms with Crippen LogP contribution in [0.2, 0.25) is 0 Å². The molecule has 0 saturated heterocycles. The van der Waals surface area contributed by atoms with Crippen molar-refractivity contribution in [2.45, 2.75) is 38.1 Å². The number of nitrogens with zero attached hydrogens (tertiary/aromatic N) is 2. The Morgan fingerprint density at radius 2 is 1.79 bits per heavy atom. The quantitative estimate of drug-likeness (QED) is 0.869. The van der Waals surface area contributed by atoms with E-state index in [1.165, 1.54) is 43.6 Å². The Labute approximate surface area is 117 Å². The summed E-state index contributed by atoms with van der Waals surface area (Å²) in [7, 11) is 0. The lowest BCUT2D eigenvalue weighted by atomic mass is 9.54. The molecule has 0 unspecified atom stereocenters. The summed E-state index contributed by atoms with van der Waals surface area (Å²) in [6.45, 7) is 0. The van der Waals surface area contributed by atoms with E-state index in [1.54, 1.807) is 0 Å². The van der Waals surface area contributed by atoms with Crippen molar-refractivity contribution < 1.29 is 0 Å². The Hall–Kier alpha value is -1.28. The van der Waals surface area contributed by atoms with Gasteiger partial charge in [0.05, 0.1) is 0 Å². The molecule has 1 aromatic rings. The third-order valence-electron chi connectivity index (χ3n) is 5.35. The zero-order valence-corrected chi connectivity index (χ0v) is 11.6. The predicted molar refractivity (Wildman–Crippen MR) is 75.7 cm³/mol. The van der Waals surface area contributed by atoms with Crippen molar-refractivity contribution in [3.63, 3.8) is 0 Å². The minimum absolute atomic E-state index is 0.374. The van der Waals surface area contributed by atoms with Crippen LogP contribution in [0, 0.1) is 35.0 Å². The minimum Gasteiger partial charge on any atom is -0.382 e. The number of aromatic nitrogens is 1. The van der Waals surface area contributed by atoms with Crippen molar-refractivity contribution in [3.8, 4) is 6.07 Å². The van der Waals surface area contributed by atoms with E-state index in [-0.39, 0.29) is 0 Å². The van der Waals surface area contributed by atoms with E-state index < -0.39 is 0 Å². The standard InChI is InChI=1S/C14H18N4S/c15-6-11-13(16)18-19-14(11)17-12-9-2-7-1-8(4-9)5-10(12)3-7/h7-10,12,17H,1-5H2,(H2,16,18). The highest BCUT2D eigenvalue weighted by Gasteiger charge is 2.48. The van der Waals surface area contributed by atoms with Crippen LogP contribution in [-0.4, -0.2) is 10.4 Å². The van der Waals surface area contributed by atoms with Crippen LogP contribution < -0.4 is 11.1 Å². The van der Waals surface area contributed by atoms with Crippen LogP contribution in [0.3, 0.4) is 0 Å². The lowest BCUT2D eigenvalue weighted by molar-refractivity contribution is 0.00764. The van der Waals surface area contributed by atoms with Gasteiger partial charge in [-0.3, -0.25) is 0 Å². The second kappa shape index (κ2) is 4.11. The van der Waals surface area contributed by atoms with Gasteiger partial charge in [0, 0.05) is 6.04 Å². The minimum atomic E-state index is 0.374. The molecule has 4 fully saturated rings. The fraction of sp³-hybridized carbons (Fsp3) is 0.714. The highest BCUT2D eigenvalue weighted by atomic mass is 32.1. The summed E-state index contributed by atoms with van der Waals surface area (Å²) in [6, 6.07) is 2.72. The summed E-state index contributed by atoms with van der Waals surface area (Å²) >= 11 is 1.34. The fourth-order valence-corrected chi connectivity index (χ4v) is 5.53. The highest BCUT2D eigenvalue weighted by Crippen LogP contribution is 2.54. The van der Waals surface area contributed by atoms with Gasteiger partial charge in [-0.25, -0.2) is 0 Å². The first-order valence-corrected chi connectivity index (χ1v) is 7.93. The number of nitrogens with two attached hydrogens (primary N) is 1. The summed E-state index contributed by atoms with van der Waals surface area (Å²) < 4.78 is 4.10. The van der Waals surface area contributed by atoms with Crippen LogP contribution in [0.5, 0.6) is 0 Å². The van der Waals surface area contributed by atoms with Crippen molar-refractivity contribution >= 4 is 22.4 Å². The Balaban J connectivity index is 1.59. The second-order valence-electron chi connectivity index (χ2n) is 6.48. The lowest BCUT2D eigenvalue weighted by Gasteiger charge is -2.54. The maximum absolute atomic E-state index is 9.17. The smallest absolute Gasteiger partial charge is 0.157 e. The van der Waals surface area contributed by atoms with Crippen LogP contribution in [-0.2, 0) is 0 Å². The molecule has 19 heavy (non-hydrogen) atoms. The molecule has 0 radical (unpaired) electrons. The number of hydrogen-bond acceptors (Lipinski definition) is 5.